The van der Waals surface area contributed by atoms with Crippen LogP contribution in [0.2, 0.25) is 0 Å². The Hall–Kier alpha value is -2.09. The third-order valence-corrected chi connectivity index (χ3v) is 1.90. The Morgan fingerprint density at radius 2 is 2.33 bits per heavy atom. The fourth-order valence-corrected chi connectivity index (χ4v) is 1.22. The van der Waals surface area contributed by atoms with Gasteiger partial charge in [0, 0.05) is 6.42 Å². The van der Waals surface area contributed by atoms with Crippen LogP contribution in [0, 0.1) is 10.1 Å². The average molecular weight is 208 g/mol. The summed E-state index contributed by atoms with van der Waals surface area (Å²) in [6.45, 7) is 0.406. The van der Waals surface area contributed by atoms with Crippen molar-refractivity contribution in [2.75, 3.05) is 6.54 Å². The summed E-state index contributed by atoms with van der Waals surface area (Å²) in [5, 5.41) is 18.1. The maximum atomic E-state index is 10.5. The third-order valence-electron chi connectivity index (χ3n) is 1.90. The monoisotopic (exact) mass is 208 g/mol. The largest absolute Gasteiger partial charge is 0.330 e. The van der Waals surface area contributed by atoms with Crippen LogP contribution >= 0.6 is 0 Å². The first kappa shape index (κ1) is 9.46. The molecule has 0 unspecified atom stereocenters. The molecule has 0 aliphatic rings. The molecule has 0 aromatic carbocycles. The summed E-state index contributed by atoms with van der Waals surface area (Å²) in [5.41, 5.74) is 5.28. The molecule has 0 spiro atoms. The molecule has 2 aromatic rings. The zero-order chi connectivity index (χ0) is 10.8. The molecule has 78 valence electrons. The smallest absolute Gasteiger partial charge is 0.304 e. The molecule has 15 heavy (non-hydrogen) atoms. The highest BCUT2D eigenvalue weighted by Gasteiger charge is 2.11. The standard InChI is InChI=1S/C7H8N6O2/c8-2-1-6-10-11-7-9-3-5(13(14)15)4-12(6)7/h3-4H,1-2,8H2. The molecule has 0 fully saturated rings. The van der Waals surface area contributed by atoms with Crippen molar-refractivity contribution in [1.29, 1.82) is 0 Å². The van der Waals surface area contributed by atoms with Crippen LogP contribution in [0.3, 0.4) is 0 Å². The zero-order valence-electron chi connectivity index (χ0n) is 7.70. The molecule has 2 N–H and O–H groups in total. The Morgan fingerprint density at radius 1 is 1.53 bits per heavy atom. The van der Waals surface area contributed by atoms with Crippen molar-refractivity contribution >= 4 is 11.5 Å². The van der Waals surface area contributed by atoms with E-state index in [0.717, 1.165) is 6.20 Å². The highest BCUT2D eigenvalue weighted by atomic mass is 16.6. The van der Waals surface area contributed by atoms with Crippen LogP contribution in [0.5, 0.6) is 0 Å². The van der Waals surface area contributed by atoms with Crippen LogP contribution in [0.25, 0.3) is 5.78 Å². The number of aromatic nitrogens is 4. The first-order valence-electron chi connectivity index (χ1n) is 4.26. The second-order valence-electron chi connectivity index (χ2n) is 2.89. The van der Waals surface area contributed by atoms with Crippen molar-refractivity contribution in [2.45, 2.75) is 6.42 Å². The van der Waals surface area contributed by atoms with E-state index in [2.05, 4.69) is 15.2 Å². The first-order chi connectivity index (χ1) is 7.22. The van der Waals surface area contributed by atoms with Gasteiger partial charge in [0.2, 0.25) is 0 Å². The van der Waals surface area contributed by atoms with Gasteiger partial charge < -0.3 is 5.73 Å². The lowest BCUT2D eigenvalue weighted by Gasteiger charge is -1.96. The molecule has 2 heterocycles. The first-order valence-corrected chi connectivity index (χ1v) is 4.26. The molecule has 2 aromatic heterocycles. The van der Waals surface area contributed by atoms with Crippen molar-refractivity contribution in [3.63, 3.8) is 0 Å². The fourth-order valence-electron chi connectivity index (χ4n) is 1.22. The predicted octanol–water partition coefficient (Wildman–Crippen LogP) is -0.466. The van der Waals surface area contributed by atoms with E-state index in [1.807, 2.05) is 0 Å². The maximum Gasteiger partial charge on any atom is 0.304 e. The molecule has 2 rings (SSSR count). The molecule has 0 radical (unpaired) electrons. The molecule has 0 aliphatic heterocycles. The van der Waals surface area contributed by atoms with E-state index in [1.54, 1.807) is 0 Å². The Balaban J connectivity index is 2.56. The Kier molecular flexibility index (Phi) is 2.26. The maximum absolute atomic E-state index is 10.5. The van der Waals surface area contributed by atoms with Crippen LogP contribution in [-0.4, -0.2) is 31.1 Å². The van der Waals surface area contributed by atoms with Crippen LogP contribution in [0.1, 0.15) is 5.82 Å². The predicted molar refractivity (Wildman–Crippen MR) is 50.2 cm³/mol. The number of hydrogen-bond donors (Lipinski definition) is 1. The van der Waals surface area contributed by atoms with Gasteiger partial charge in [-0.15, -0.1) is 10.2 Å². The molecule has 8 heteroatoms. The lowest BCUT2D eigenvalue weighted by Crippen LogP contribution is -2.06. The second-order valence-corrected chi connectivity index (χ2v) is 2.89. The Bertz CT molecular complexity index is 507. The number of hydrogen-bond acceptors (Lipinski definition) is 6. The van der Waals surface area contributed by atoms with Gasteiger partial charge in [-0.25, -0.2) is 4.98 Å². The van der Waals surface area contributed by atoms with Gasteiger partial charge in [-0.1, -0.05) is 0 Å². The number of nitro groups is 1. The highest BCUT2D eigenvalue weighted by Crippen LogP contribution is 2.10. The number of fused-ring (bicyclic) bond motifs is 1. The lowest BCUT2D eigenvalue weighted by molar-refractivity contribution is -0.385. The van der Waals surface area contributed by atoms with Crippen molar-refractivity contribution in [1.82, 2.24) is 19.6 Å². The van der Waals surface area contributed by atoms with E-state index in [-0.39, 0.29) is 5.69 Å². The minimum atomic E-state index is -0.515. The molecule has 0 saturated carbocycles. The van der Waals surface area contributed by atoms with Crippen LogP contribution < -0.4 is 5.73 Å². The summed E-state index contributed by atoms with van der Waals surface area (Å²) in [4.78, 5) is 13.8. The second kappa shape index (κ2) is 3.58. The SMILES string of the molecule is NCCc1nnc2ncc([N+](=O)[O-])cn12. The quantitative estimate of drug-likeness (QED) is 0.539. The van der Waals surface area contributed by atoms with Crippen LogP contribution in [0.4, 0.5) is 5.69 Å². The molecular weight excluding hydrogens is 200 g/mol. The van der Waals surface area contributed by atoms with E-state index in [1.165, 1.54) is 10.6 Å². The molecular formula is C7H8N6O2. The van der Waals surface area contributed by atoms with Crippen molar-refractivity contribution in [3.05, 3.63) is 28.3 Å². The van der Waals surface area contributed by atoms with Crippen molar-refractivity contribution in [3.8, 4) is 0 Å². The lowest BCUT2D eigenvalue weighted by atomic mass is 10.4. The highest BCUT2D eigenvalue weighted by molar-refractivity contribution is 5.34. The summed E-state index contributed by atoms with van der Waals surface area (Å²) in [6, 6.07) is 0. The minimum Gasteiger partial charge on any atom is -0.330 e. The van der Waals surface area contributed by atoms with Gasteiger partial charge in [0.25, 0.3) is 5.78 Å². The van der Waals surface area contributed by atoms with E-state index >= 15 is 0 Å². The normalized spacial score (nSPS) is 10.7. The summed E-state index contributed by atoms with van der Waals surface area (Å²) in [6.07, 6.45) is 2.99. The van der Waals surface area contributed by atoms with Crippen molar-refractivity contribution in [2.24, 2.45) is 5.73 Å². The topological polar surface area (TPSA) is 112 Å². The van der Waals surface area contributed by atoms with Gasteiger partial charge in [-0.2, -0.15) is 0 Å². The Morgan fingerprint density at radius 3 is 3.00 bits per heavy atom. The minimum absolute atomic E-state index is 0.0967. The van der Waals surface area contributed by atoms with E-state index in [4.69, 9.17) is 5.73 Å². The summed E-state index contributed by atoms with van der Waals surface area (Å²) < 4.78 is 1.48. The van der Waals surface area contributed by atoms with Gasteiger partial charge in [-0.05, 0) is 6.54 Å². The fraction of sp³-hybridized carbons (Fsp3) is 0.286. The Labute approximate surface area is 83.9 Å². The molecule has 0 bridgehead atoms. The van der Waals surface area contributed by atoms with Gasteiger partial charge >= 0.3 is 5.69 Å². The summed E-state index contributed by atoms with van der Waals surface area (Å²) >= 11 is 0. The van der Waals surface area contributed by atoms with E-state index in [9.17, 15) is 10.1 Å². The molecule has 0 aliphatic carbocycles. The van der Waals surface area contributed by atoms with Crippen molar-refractivity contribution < 1.29 is 4.92 Å². The number of rotatable bonds is 3. The van der Waals surface area contributed by atoms with Gasteiger partial charge in [-0.3, -0.25) is 14.5 Å². The molecule has 0 saturated heterocycles. The molecule has 0 amide bonds. The molecule has 8 nitrogen and oxygen atoms in total. The van der Waals surface area contributed by atoms with E-state index in [0.29, 0.717) is 24.6 Å². The number of nitrogens with zero attached hydrogens (tertiary/aromatic N) is 5. The summed E-state index contributed by atoms with van der Waals surface area (Å²) in [5.74, 6) is 0.910. The van der Waals surface area contributed by atoms with Gasteiger partial charge in [0.05, 0.1) is 11.1 Å². The summed E-state index contributed by atoms with van der Waals surface area (Å²) in [7, 11) is 0. The zero-order valence-corrected chi connectivity index (χ0v) is 7.70. The van der Waals surface area contributed by atoms with Gasteiger partial charge in [0.15, 0.2) is 0 Å². The van der Waals surface area contributed by atoms with E-state index < -0.39 is 4.92 Å². The number of nitrogens with two attached hydrogens (primary N) is 1. The average Bonchev–Trinajstić information content (AvgIpc) is 2.61. The van der Waals surface area contributed by atoms with Crippen LogP contribution in [-0.2, 0) is 6.42 Å². The van der Waals surface area contributed by atoms with Crippen LogP contribution in [0.15, 0.2) is 12.4 Å². The third kappa shape index (κ3) is 1.62. The molecule has 0 atom stereocenters. The van der Waals surface area contributed by atoms with Gasteiger partial charge in [0.1, 0.15) is 12.0 Å².